The third-order valence-corrected chi connectivity index (χ3v) is 6.58. The van der Waals surface area contributed by atoms with E-state index in [9.17, 15) is 15.3 Å². The topological polar surface area (TPSA) is 118 Å². The van der Waals surface area contributed by atoms with Gasteiger partial charge in [0.2, 0.25) is 5.88 Å². The Morgan fingerprint density at radius 1 is 1.18 bits per heavy atom. The Labute approximate surface area is 211 Å². The number of carbonyl (C=O) groups excluding carboxylic acids is 1. The van der Waals surface area contributed by atoms with Gasteiger partial charge >= 0.3 is 0 Å². The van der Waals surface area contributed by atoms with Crippen LogP contribution in [0.15, 0.2) is 59.2 Å². The Morgan fingerprint density at radius 2 is 1.97 bits per heavy atom. The van der Waals surface area contributed by atoms with E-state index in [1.54, 1.807) is 12.1 Å². The van der Waals surface area contributed by atoms with Gasteiger partial charge in [0.05, 0.1) is 27.7 Å². The van der Waals surface area contributed by atoms with Crippen LogP contribution >= 0.6 is 22.6 Å². The molecule has 1 aliphatic heterocycles. The van der Waals surface area contributed by atoms with Crippen LogP contribution in [0.25, 0.3) is 0 Å². The minimum Gasteiger partial charge on any atom is -0.490 e. The van der Waals surface area contributed by atoms with Crippen molar-refractivity contribution in [3.8, 4) is 23.6 Å². The molecule has 0 bridgehead atoms. The average Bonchev–Trinajstić information content (AvgIpc) is 2.83. The molecule has 0 radical (unpaired) electrons. The predicted octanol–water partition coefficient (Wildman–Crippen LogP) is 4.96. The number of rotatable bonds is 6. The van der Waals surface area contributed by atoms with Crippen molar-refractivity contribution < 1.29 is 19.0 Å². The molecule has 0 spiro atoms. The lowest BCUT2D eigenvalue weighted by Crippen LogP contribution is -2.27. The number of nitrogens with two attached hydrogens (primary N) is 1. The second-order valence-electron chi connectivity index (χ2n) is 7.86. The van der Waals surface area contributed by atoms with Crippen LogP contribution in [0.4, 0.5) is 0 Å². The van der Waals surface area contributed by atoms with E-state index >= 15 is 0 Å². The van der Waals surface area contributed by atoms with Crippen molar-refractivity contribution in [1.29, 1.82) is 10.5 Å². The lowest BCUT2D eigenvalue weighted by atomic mass is 9.77. The maximum Gasteiger partial charge on any atom is 0.205 e. The number of hydrogen-bond donors (Lipinski definition) is 1. The molecule has 4 rings (SSSR count). The van der Waals surface area contributed by atoms with Gasteiger partial charge in [0.25, 0.3) is 0 Å². The Bertz CT molecular complexity index is 1300. The standard InChI is InChI=1S/C26H22IN3O4/c1-2-32-22-11-17(10-19(27)25(22)33-14-16-7-4-3-6-15(16)12-28)23-18(13-29)26(30)34-21-9-5-8-20(31)24(21)23/h3-4,6-7,10-11,23H,2,5,8-9,14,30H2,1H3/t23-/m1/s1. The van der Waals surface area contributed by atoms with Crippen molar-refractivity contribution in [3.05, 3.63) is 79.4 Å². The molecule has 0 saturated heterocycles. The van der Waals surface area contributed by atoms with Crippen molar-refractivity contribution in [1.82, 2.24) is 0 Å². The molecule has 2 aromatic rings. The fraction of sp³-hybridized carbons (Fsp3) is 0.269. The van der Waals surface area contributed by atoms with Crippen molar-refractivity contribution in [2.45, 2.75) is 38.7 Å². The van der Waals surface area contributed by atoms with Gasteiger partial charge in [-0.2, -0.15) is 10.5 Å². The molecule has 0 unspecified atom stereocenters. The first-order valence-corrected chi connectivity index (χ1v) is 12.0. The van der Waals surface area contributed by atoms with Crippen LogP contribution in [0.1, 0.15) is 48.8 Å². The number of Topliss-reactive ketones (excluding diaryl/α,β-unsaturated/α-hetero) is 1. The van der Waals surface area contributed by atoms with Crippen molar-refractivity contribution in [2.75, 3.05) is 6.61 Å². The van der Waals surface area contributed by atoms with Crippen molar-refractivity contribution in [3.63, 3.8) is 0 Å². The molecular formula is C26H22IN3O4. The highest BCUT2D eigenvalue weighted by molar-refractivity contribution is 14.1. The van der Waals surface area contributed by atoms with Crippen molar-refractivity contribution in [2.24, 2.45) is 5.73 Å². The summed E-state index contributed by atoms with van der Waals surface area (Å²) in [4.78, 5) is 12.9. The molecule has 1 atom stereocenters. The number of ether oxygens (including phenoxy) is 3. The Kier molecular flexibility index (Phi) is 7.09. The van der Waals surface area contributed by atoms with Crippen LogP contribution in [0, 0.1) is 26.2 Å². The molecule has 2 aromatic carbocycles. The second kappa shape index (κ2) is 10.2. The van der Waals surface area contributed by atoms with Gasteiger partial charge in [-0.05, 0) is 59.7 Å². The number of halogens is 1. The van der Waals surface area contributed by atoms with Gasteiger partial charge < -0.3 is 19.9 Å². The van der Waals surface area contributed by atoms with Crippen LogP contribution in [0.5, 0.6) is 11.5 Å². The van der Waals surface area contributed by atoms with Gasteiger partial charge in [-0.3, -0.25) is 4.79 Å². The number of benzene rings is 2. The van der Waals surface area contributed by atoms with Gasteiger partial charge in [-0.15, -0.1) is 0 Å². The highest BCUT2D eigenvalue weighted by Crippen LogP contribution is 2.46. The van der Waals surface area contributed by atoms with Crippen LogP contribution in [0.2, 0.25) is 0 Å². The number of ketones is 1. The summed E-state index contributed by atoms with van der Waals surface area (Å²) in [6, 6.07) is 15.2. The summed E-state index contributed by atoms with van der Waals surface area (Å²) in [6.07, 6.45) is 1.70. The molecule has 0 amide bonds. The molecule has 1 aliphatic carbocycles. The molecule has 2 aliphatic rings. The quantitative estimate of drug-likeness (QED) is 0.491. The summed E-state index contributed by atoms with van der Waals surface area (Å²) in [5, 5.41) is 19.2. The Hall–Kier alpha value is -3.50. The summed E-state index contributed by atoms with van der Waals surface area (Å²) >= 11 is 2.15. The Morgan fingerprint density at radius 3 is 2.71 bits per heavy atom. The zero-order chi connectivity index (χ0) is 24.2. The van der Waals surface area contributed by atoms with Crippen LogP contribution < -0.4 is 15.2 Å². The highest BCUT2D eigenvalue weighted by Gasteiger charge is 2.38. The lowest BCUT2D eigenvalue weighted by molar-refractivity contribution is -0.116. The fourth-order valence-electron chi connectivity index (χ4n) is 4.25. The highest BCUT2D eigenvalue weighted by atomic mass is 127. The number of nitriles is 2. The zero-order valence-electron chi connectivity index (χ0n) is 18.6. The largest absolute Gasteiger partial charge is 0.490 e. The monoisotopic (exact) mass is 567 g/mol. The summed E-state index contributed by atoms with van der Waals surface area (Å²) in [5.74, 6) is 0.939. The van der Waals surface area contributed by atoms with E-state index in [-0.39, 0.29) is 23.8 Å². The molecule has 7 nitrogen and oxygen atoms in total. The van der Waals surface area contributed by atoms with Gasteiger partial charge in [-0.25, -0.2) is 0 Å². The fourth-order valence-corrected chi connectivity index (χ4v) is 5.03. The van der Waals surface area contributed by atoms with Crippen LogP contribution in [-0.2, 0) is 16.1 Å². The van der Waals surface area contributed by atoms with E-state index in [2.05, 4.69) is 34.7 Å². The lowest BCUT2D eigenvalue weighted by Gasteiger charge is -2.31. The van der Waals surface area contributed by atoms with Gasteiger partial charge in [0, 0.05) is 24.0 Å². The molecule has 8 heteroatoms. The normalized spacial score (nSPS) is 17.4. The third kappa shape index (κ3) is 4.46. The predicted molar refractivity (Wildman–Crippen MR) is 132 cm³/mol. The van der Waals surface area contributed by atoms with E-state index in [0.29, 0.717) is 59.8 Å². The summed E-state index contributed by atoms with van der Waals surface area (Å²) < 4.78 is 18.4. The van der Waals surface area contributed by atoms with Gasteiger partial charge in [0.1, 0.15) is 24.0 Å². The molecule has 2 N–H and O–H groups in total. The second-order valence-corrected chi connectivity index (χ2v) is 9.02. The third-order valence-electron chi connectivity index (χ3n) is 5.78. The van der Waals surface area contributed by atoms with E-state index in [4.69, 9.17) is 19.9 Å². The first-order valence-electron chi connectivity index (χ1n) is 10.9. The minimum atomic E-state index is -0.623. The SMILES string of the molecule is CCOc1cc([C@@H]2C(C#N)=C(N)OC3=C2C(=O)CCC3)cc(I)c1OCc1ccccc1C#N. The number of carbonyl (C=O) groups is 1. The van der Waals surface area contributed by atoms with Crippen molar-refractivity contribution >= 4 is 28.4 Å². The molecule has 1 heterocycles. The average molecular weight is 567 g/mol. The molecule has 0 aromatic heterocycles. The molecule has 0 fully saturated rings. The van der Waals surface area contributed by atoms with E-state index in [0.717, 1.165) is 9.13 Å². The minimum absolute atomic E-state index is 0.0300. The maximum atomic E-state index is 12.9. The first-order chi connectivity index (χ1) is 16.5. The zero-order valence-corrected chi connectivity index (χ0v) is 20.7. The molecular weight excluding hydrogens is 545 g/mol. The first kappa shape index (κ1) is 23.7. The van der Waals surface area contributed by atoms with E-state index in [1.165, 1.54) is 0 Å². The number of hydrogen-bond acceptors (Lipinski definition) is 7. The summed E-state index contributed by atoms with van der Waals surface area (Å²) in [6.45, 7) is 2.46. The van der Waals surface area contributed by atoms with Gasteiger partial charge in [-0.1, -0.05) is 18.2 Å². The maximum absolute atomic E-state index is 12.9. The van der Waals surface area contributed by atoms with Crippen LogP contribution in [0.3, 0.4) is 0 Å². The smallest absolute Gasteiger partial charge is 0.205 e. The number of allylic oxidation sites excluding steroid dienone is 3. The molecule has 34 heavy (non-hydrogen) atoms. The number of nitrogens with zero attached hydrogens (tertiary/aromatic N) is 2. The Balaban J connectivity index is 1.77. The summed E-state index contributed by atoms with van der Waals surface area (Å²) in [7, 11) is 0. The molecule has 172 valence electrons. The van der Waals surface area contributed by atoms with Gasteiger partial charge in [0.15, 0.2) is 17.3 Å². The summed E-state index contributed by atoms with van der Waals surface area (Å²) in [5.41, 5.74) is 8.81. The van der Waals surface area contributed by atoms with E-state index in [1.807, 2.05) is 31.2 Å². The van der Waals surface area contributed by atoms with E-state index < -0.39 is 5.92 Å². The molecule has 0 saturated carbocycles. The van der Waals surface area contributed by atoms with Crippen LogP contribution in [-0.4, -0.2) is 12.4 Å².